The summed E-state index contributed by atoms with van der Waals surface area (Å²) in [6, 6.07) is 1.78. The Kier molecular flexibility index (Phi) is 4.45. The summed E-state index contributed by atoms with van der Waals surface area (Å²) < 4.78 is 0. The summed E-state index contributed by atoms with van der Waals surface area (Å²) in [5.41, 5.74) is 0. The lowest BCUT2D eigenvalue weighted by Crippen LogP contribution is -2.65. The number of hydrogen-bond acceptors (Lipinski definition) is 3. The number of piperazine rings is 1. The van der Waals surface area contributed by atoms with Gasteiger partial charge in [-0.25, -0.2) is 0 Å². The number of nitrogens with zero attached hydrogens (tertiary/aromatic N) is 2. The van der Waals surface area contributed by atoms with E-state index in [0.29, 0.717) is 0 Å². The fourth-order valence-corrected chi connectivity index (χ4v) is 4.20. The molecule has 3 fully saturated rings. The number of nitrogens with one attached hydrogen (secondary N) is 1. The van der Waals surface area contributed by atoms with Gasteiger partial charge in [0.15, 0.2) is 0 Å². The van der Waals surface area contributed by atoms with Crippen LogP contribution < -0.4 is 5.32 Å². The highest BCUT2D eigenvalue weighted by atomic mass is 15.3. The molecule has 0 radical (unpaired) electrons. The second-order valence-electron chi connectivity index (χ2n) is 7.21. The Morgan fingerprint density at radius 3 is 2.05 bits per heavy atom. The number of hydrogen-bond donors (Lipinski definition) is 1. The fraction of sp³-hybridized carbons (Fsp3) is 1.00. The van der Waals surface area contributed by atoms with Crippen LogP contribution in [0.4, 0.5) is 0 Å². The van der Waals surface area contributed by atoms with Crippen molar-refractivity contribution in [1.82, 2.24) is 15.1 Å². The fourth-order valence-electron chi connectivity index (χ4n) is 4.20. The largest absolute Gasteiger partial charge is 0.314 e. The molecule has 1 saturated carbocycles. The zero-order chi connectivity index (χ0) is 13.2. The summed E-state index contributed by atoms with van der Waals surface area (Å²) in [6.45, 7) is 12.4. The smallest absolute Gasteiger partial charge is 0.0351 e. The predicted octanol–water partition coefficient (Wildman–Crippen LogP) is 1.79. The lowest BCUT2D eigenvalue weighted by atomic mass is 9.78. The van der Waals surface area contributed by atoms with Crippen molar-refractivity contribution >= 4 is 0 Å². The van der Waals surface area contributed by atoms with Gasteiger partial charge >= 0.3 is 0 Å². The van der Waals surface area contributed by atoms with Crippen LogP contribution in [0.1, 0.15) is 39.5 Å². The molecule has 1 N–H and O–H groups in total. The first-order valence-electron chi connectivity index (χ1n) is 8.43. The van der Waals surface area contributed by atoms with Gasteiger partial charge in [-0.15, -0.1) is 0 Å². The highest BCUT2D eigenvalue weighted by Crippen LogP contribution is 2.34. The maximum atomic E-state index is 3.45. The summed E-state index contributed by atoms with van der Waals surface area (Å²) in [7, 11) is 0. The van der Waals surface area contributed by atoms with Crippen molar-refractivity contribution < 1.29 is 0 Å². The third-order valence-electron chi connectivity index (χ3n) is 5.76. The second-order valence-corrected chi connectivity index (χ2v) is 7.21. The predicted molar refractivity (Wildman–Crippen MR) is 80.4 cm³/mol. The first-order chi connectivity index (χ1) is 9.24. The molecule has 0 aromatic rings. The van der Waals surface area contributed by atoms with Gasteiger partial charge in [-0.1, -0.05) is 13.8 Å². The summed E-state index contributed by atoms with van der Waals surface area (Å²) >= 11 is 0. The molecule has 2 saturated heterocycles. The normalized spacial score (nSPS) is 35.5. The zero-order valence-corrected chi connectivity index (χ0v) is 12.8. The van der Waals surface area contributed by atoms with Gasteiger partial charge < -0.3 is 5.32 Å². The van der Waals surface area contributed by atoms with Gasteiger partial charge in [-0.05, 0) is 37.5 Å². The molecule has 0 spiro atoms. The van der Waals surface area contributed by atoms with Gasteiger partial charge in [-0.3, -0.25) is 9.80 Å². The van der Waals surface area contributed by atoms with Crippen molar-refractivity contribution in [2.24, 2.45) is 11.8 Å². The first-order valence-corrected chi connectivity index (χ1v) is 8.43. The summed E-state index contributed by atoms with van der Waals surface area (Å²) in [5.74, 6) is 1.90. The van der Waals surface area contributed by atoms with Crippen LogP contribution in [0.3, 0.4) is 0 Å². The van der Waals surface area contributed by atoms with Crippen LogP contribution in [-0.4, -0.2) is 61.2 Å². The van der Waals surface area contributed by atoms with Crippen molar-refractivity contribution in [3.05, 3.63) is 0 Å². The highest BCUT2D eigenvalue weighted by molar-refractivity contribution is 4.94. The highest BCUT2D eigenvalue weighted by Gasteiger charge is 2.37. The molecule has 2 aliphatic heterocycles. The monoisotopic (exact) mass is 265 g/mol. The minimum atomic E-state index is 0.866. The Labute approximate surface area is 118 Å². The van der Waals surface area contributed by atoms with Gasteiger partial charge in [-0.2, -0.15) is 0 Å². The third kappa shape index (κ3) is 3.14. The molecular formula is C16H31N3. The maximum absolute atomic E-state index is 3.45. The van der Waals surface area contributed by atoms with Crippen molar-refractivity contribution in [2.45, 2.75) is 51.6 Å². The average Bonchev–Trinajstić information content (AvgIpc) is 2.39. The van der Waals surface area contributed by atoms with Crippen molar-refractivity contribution in [3.8, 4) is 0 Å². The quantitative estimate of drug-likeness (QED) is 0.839. The molecule has 3 rings (SSSR count). The Hall–Kier alpha value is -0.120. The molecular weight excluding hydrogens is 234 g/mol. The van der Waals surface area contributed by atoms with E-state index >= 15 is 0 Å². The summed E-state index contributed by atoms with van der Waals surface area (Å²) in [6.07, 6.45) is 5.85. The Morgan fingerprint density at radius 2 is 1.47 bits per heavy atom. The van der Waals surface area contributed by atoms with E-state index in [9.17, 15) is 0 Å². The first kappa shape index (κ1) is 13.8. The Bertz CT molecular complexity index is 272. The standard InChI is InChI=1S/C16H31N3/c1-13(2)14-3-5-15(6-4-14)19-11-16(12-19)18-9-7-17-8-10-18/h13-17H,3-12H2,1-2H3. The average molecular weight is 265 g/mol. The van der Waals surface area contributed by atoms with Gasteiger partial charge in [0.2, 0.25) is 0 Å². The molecule has 3 heteroatoms. The molecule has 0 bridgehead atoms. The SMILES string of the molecule is CC(C)C1CCC(N2CC(N3CCNCC3)C2)CC1. The lowest BCUT2D eigenvalue weighted by Gasteiger charge is -2.51. The zero-order valence-electron chi connectivity index (χ0n) is 12.8. The Balaban J connectivity index is 1.39. The minimum Gasteiger partial charge on any atom is -0.314 e. The second kappa shape index (κ2) is 6.11. The van der Waals surface area contributed by atoms with E-state index in [0.717, 1.165) is 23.9 Å². The Morgan fingerprint density at radius 1 is 0.842 bits per heavy atom. The van der Waals surface area contributed by atoms with E-state index in [1.54, 1.807) is 0 Å². The van der Waals surface area contributed by atoms with E-state index in [1.807, 2.05) is 0 Å². The topological polar surface area (TPSA) is 18.5 Å². The molecule has 0 aromatic carbocycles. The number of rotatable bonds is 3. The van der Waals surface area contributed by atoms with Crippen LogP contribution in [-0.2, 0) is 0 Å². The third-order valence-corrected chi connectivity index (χ3v) is 5.76. The molecule has 19 heavy (non-hydrogen) atoms. The molecule has 110 valence electrons. The van der Waals surface area contributed by atoms with Crippen LogP contribution in [0.2, 0.25) is 0 Å². The summed E-state index contributed by atoms with van der Waals surface area (Å²) in [5, 5.41) is 3.45. The molecule has 3 nitrogen and oxygen atoms in total. The molecule has 0 atom stereocenters. The maximum Gasteiger partial charge on any atom is 0.0351 e. The van der Waals surface area contributed by atoms with Gasteiger partial charge in [0.25, 0.3) is 0 Å². The van der Waals surface area contributed by atoms with Crippen molar-refractivity contribution in [3.63, 3.8) is 0 Å². The molecule has 3 aliphatic rings. The lowest BCUT2D eigenvalue weighted by molar-refractivity contribution is -0.0160. The molecule has 1 aliphatic carbocycles. The molecule has 2 heterocycles. The molecule has 0 aromatic heterocycles. The van der Waals surface area contributed by atoms with Crippen LogP contribution >= 0.6 is 0 Å². The minimum absolute atomic E-state index is 0.866. The summed E-state index contributed by atoms with van der Waals surface area (Å²) in [4.78, 5) is 5.47. The van der Waals surface area contributed by atoms with Gasteiger partial charge in [0.1, 0.15) is 0 Å². The van der Waals surface area contributed by atoms with Crippen LogP contribution in [0.15, 0.2) is 0 Å². The van der Waals surface area contributed by atoms with Gasteiger partial charge in [0, 0.05) is 51.4 Å². The van der Waals surface area contributed by atoms with Crippen LogP contribution in [0, 0.1) is 11.8 Å². The van der Waals surface area contributed by atoms with Gasteiger partial charge in [0.05, 0.1) is 0 Å². The van der Waals surface area contributed by atoms with Crippen LogP contribution in [0.5, 0.6) is 0 Å². The van der Waals surface area contributed by atoms with E-state index < -0.39 is 0 Å². The van der Waals surface area contributed by atoms with Crippen LogP contribution in [0.25, 0.3) is 0 Å². The van der Waals surface area contributed by atoms with Crippen molar-refractivity contribution in [2.75, 3.05) is 39.3 Å². The van der Waals surface area contributed by atoms with Crippen molar-refractivity contribution in [1.29, 1.82) is 0 Å². The van der Waals surface area contributed by atoms with E-state index in [4.69, 9.17) is 0 Å². The van der Waals surface area contributed by atoms with E-state index in [-0.39, 0.29) is 0 Å². The molecule has 0 unspecified atom stereocenters. The van der Waals surface area contributed by atoms with E-state index in [2.05, 4.69) is 29.0 Å². The molecule has 0 amide bonds. The number of likely N-dealkylation sites (tertiary alicyclic amines) is 1. The van der Waals surface area contributed by atoms with E-state index in [1.165, 1.54) is 65.0 Å².